The van der Waals surface area contributed by atoms with E-state index < -0.39 is 22.3 Å². The summed E-state index contributed by atoms with van der Waals surface area (Å²) in [4.78, 5) is 15.0. The van der Waals surface area contributed by atoms with Gasteiger partial charge in [-0.25, -0.2) is 4.79 Å². The van der Waals surface area contributed by atoms with Crippen molar-refractivity contribution in [2.24, 2.45) is 0 Å². The van der Waals surface area contributed by atoms with Gasteiger partial charge in [0, 0.05) is 32.3 Å². The first kappa shape index (κ1) is 42.6. The van der Waals surface area contributed by atoms with Gasteiger partial charge in [-0.3, -0.25) is 0 Å². The number of rotatable bonds is 14. The van der Waals surface area contributed by atoms with Crippen molar-refractivity contribution in [3.8, 4) is 22.6 Å². The maximum atomic E-state index is 15.0. The van der Waals surface area contributed by atoms with Crippen molar-refractivity contribution in [3.63, 3.8) is 0 Å². The normalized spacial score (nSPS) is 11.3. The highest BCUT2D eigenvalue weighted by Crippen LogP contribution is 2.53. The number of carbonyl (C=O) groups is 1. The molecule has 10 rings (SSSR count). The van der Waals surface area contributed by atoms with Gasteiger partial charge in [-0.15, -0.1) is 0 Å². The fraction of sp³-hybridized carbons (Fsp3) is 0.0500. The van der Waals surface area contributed by atoms with Gasteiger partial charge in [0.1, 0.15) is 23.7 Å². The van der Waals surface area contributed by atoms with Crippen LogP contribution in [0.4, 0.5) is 0 Å². The van der Waals surface area contributed by atoms with E-state index in [9.17, 15) is 0 Å². The van der Waals surface area contributed by atoms with Crippen molar-refractivity contribution in [1.82, 2.24) is 0 Å². The van der Waals surface area contributed by atoms with Gasteiger partial charge >= 0.3 is 5.97 Å². The molecule has 0 atom stereocenters. The van der Waals surface area contributed by atoms with Gasteiger partial charge in [-0.1, -0.05) is 230 Å². The molecule has 10 aromatic carbocycles. The summed E-state index contributed by atoms with van der Waals surface area (Å²) in [6.45, 7) is 2.20. The molecule has 320 valence electrons. The fourth-order valence-electron chi connectivity index (χ4n) is 8.28. The Morgan fingerprint density at radius 3 is 1.41 bits per heavy atom. The van der Waals surface area contributed by atoms with E-state index >= 15 is 4.79 Å². The van der Waals surface area contributed by atoms with E-state index in [0.717, 1.165) is 65.9 Å². The minimum absolute atomic E-state index is 0.0957. The van der Waals surface area contributed by atoms with Crippen LogP contribution in [0.3, 0.4) is 0 Å². The summed E-state index contributed by atoms with van der Waals surface area (Å²) in [5.74, 6) is 0.647. The fourth-order valence-corrected chi connectivity index (χ4v) is 11.8. The van der Waals surface area contributed by atoms with Crippen molar-refractivity contribution in [2.45, 2.75) is 20.0 Å². The molecule has 0 spiro atoms. The number of aryl methyl sites for hydroxylation is 1. The number of hydrogen-bond acceptors (Lipinski definition) is 4. The molecule has 0 bridgehead atoms. The quantitative estimate of drug-likeness (QED) is 0.0806. The summed E-state index contributed by atoms with van der Waals surface area (Å²) < 4.78 is 21.3. The van der Waals surface area contributed by atoms with E-state index in [1.165, 1.54) is 16.7 Å². The number of ether oxygens (including phenoxy) is 1. The molecule has 0 heterocycles. The summed E-state index contributed by atoms with van der Waals surface area (Å²) in [6.07, 6.45) is 0.825. The van der Waals surface area contributed by atoms with Gasteiger partial charge in [0.05, 0.1) is 0 Å². The molecule has 0 saturated carbocycles. The molecule has 4 nitrogen and oxygen atoms in total. The molecular formula is C60H46O4P2. The highest BCUT2D eigenvalue weighted by molar-refractivity contribution is 7.69. The highest BCUT2D eigenvalue weighted by Gasteiger charge is 2.30. The first-order valence-electron chi connectivity index (χ1n) is 22.1. The van der Waals surface area contributed by atoms with E-state index in [1.807, 2.05) is 78.9 Å². The van der Waals surface area contributed by atoms with Crippen LogP contribution in [0.1, 0.15) is 32.6 Å². The molecule has 0 amide bonds. The van der Waals surface area contributed by atoms with Crippen LogP contribution in [-0.2, 0) is 17.8 Å². The van der Waals surface area contributed by atoms with Gasteiger partial charge < -0.3 is 13.8 Å². The van der Waals surface area contributed by atoms with E-state index in [2.05, 4.69) is 165 Å². The topological polar surface area (TPSA) is 44.8 Å². The van der Waals surface area contributed by atoms with Crippen molar-refractivity contribution in [3.05, 3.63) is 264 Å². The first-order chi connectivity index (χ1) is 32.6. The lowest BCUT2D eigenvalue weighted by atomic mass is 9.90. The standard InChI is InChI=1S/C60H46O4P2/c1-43-30-32-44(33-31-43)40-45-34-36-46(37-35-45)42-62-60(61)55-41-48-19-15-17-29-54(48)58(59(55)64-66(51-24-10-4-11-25-51)52-26-12-5-13-27-52)57-53-28-16-14-18-47(53)38-39-56(57)63-65(49-20-6-2-7-21-49)50-22-8-3-9-23-50/h2-39,41H,40,42H2,1H3. The molecule has 0 aliphatic carbocycles. The summed E-state index contributed by atoms with van der Waals surface area (Å²) in [5, 5.41) is 7.99. The van der Waals surface area contributed by atoms with Gasteiger partial charge in [-0.2, -0.15) is 0 Å². The van der Waals surface area contributed by atoms with E-state index in [0.29, 0.717) is 17.1 Å². The Bertz CT molecular complexity index is 3160. The third-order valence-corrected chi connectivity index (χ3v) is 15.4. The van der Waals surface area contributed by atoms with Crippen LogP contribution in [0.15, 0.2) is 237 Å². The minimum Gasteiger partial charge on any atom is -0.464 e. The number of benzene rings is 10. The predicted octanol–water partition coefficient (Wildman–Crippen LogP) is 13.8. The molecule has 66 heavy (non-hydrogen) atoms. The summed E-state index contributed by atoms with van der Waals surface area (Å²) in [7, 11) is -2.83. The van der Waals surface area contributed by atoms with Crippen molar-refractivity contribution < 1.29 is 18.6 Å². The van der Waals surface area contributed by atoms with Crippen LogP contribution in [0.2, 0.25) is 0 Å². The Hall–Kier alpha value is -7.35. The van der Waals surface area contributed by atoms with Crippen molar-refractivity contribution >= 4 is 65.0 Å². The smallest absolute Gasteiger partial charge is 0.342 e. The van der Waals surface area contributed by atoms with Gasteiger partial charge in [0.2, 0.25) is 0 Å². The molecular weight excluding hydrogens is 847 g/mol. The van der Waals surface area contributed by atoms with Crippen LogP contribution in [0.25, 0.3) is 32.7 Å². The lowest BCUT2D eigenvalue weighted by Gasteiger charge is -2.27. The first-order valence-corrected chi connectivity index (χ1v) is 24.6. The zero-order chi connectivity index (χ0) is 44.7. The number of hydrogen-bond donors (Lipinski definition) is 0. The Labute approximate surface area is 388 Å². The molecule has 0 N–H and O–H groups in total. The van der Waals surface area contributed by atoms with E-state index in [4.69, 9.17) is 13.8 Å². The van der Waals surface area contributed by atoms with Crippen molar-refractivity contribution in [2.75, 3.05) is 0 Å². The molecule has 0 aromatic heterocycles. The summed E-state index contributed by atoms with van der Waals surface area (Å²) in [5.41, 5.74) is 6.53. The number of fused-ring (bicyclic) bond motifs is 2. The van der Waals surface area contributed by atoms with Gasteiger partial charge in [-0.05, 0) is 63.7 Å². The van der Waals surface area contributed by atoms with Crippen LogP contribution >= 0.6 is 16.3 Å². The van der Waals surface area contributed by atoms with Crippen molar-refractivity contribution in [1.29, 1.82) is 0 Å². The summed E-state index contributed by atoms with van der Waals surface area (Å²) in [6, 6.07) is 81.0. The molecule has 10 aromatic rings. The Kier molecular flexibility index (Phi) is 12.8. The average Bonchev–Trinajstić information content (AvgIpc) is 3.38. The molecule has 6 heteroatoms. The summed E-state index contributed by atoms with van der Waals surface area (Å²) >= 11 is 0. The molecule has 0 saturated heterocycles. The molecule has 0 aliphatic heterocycles. The minimum atomic E-state index is -1.50. The lowest BCUT2D eigenvalue weighted by Crippen LogP contribution is -2.18. The second-order valence-corrected chi connectivity index (χ2v) is 19.8. The third kappa shape index (κ3) is 9.40. The molecule has 0 unspecified atom stereocenters. The van der Waals surface area contributed by atoms with Gasteiger partial charge in [0.25, 0.3) is 0 Å². The lowest BCUT2D eigenvalue weighted by molar-refractivity contribution is 0.0471. The molecule has 0 aliphatic rings. The SMILES string of the molecule is Cc1ccc(Cc2ccc(COC(=O)c3cc4ccccc4c(-c4c(OP(c5ccccc5)c5ccccc5)ccc5ccccc45)c3OP(c3ccccc3)c3ccccc3)cc2)cc1. The second kappa shape index (κ2) is 19.8. The van der Waals surface area contributed by atoms with Crippen LogP contribution in [0, 0.1) is 6.92 Å². The molecule has 0 fully saturated rings. The number of carbonyl (C=O) groups excluding carboxylic acids is 1. The van der Waals surface area contributed by atoms with Crippen LogP contribution < -0.4 is 30.3 Å². The van der Waals surface area contributed by atoms with Crippen LogP contribution in [-0.4, -0.2) is 5.97 Å². The van der Waals surface area contributed by atoms with Crippen LogP contribution in [0.5, 0.6) is 11.5 Å². The largest absolute Gasteiger partial charge is 0.464 e. The Morgan fingerprint density at radius 1 is 0.424 bits per heavy atom. The maximum Gasteiger partial charge on any atom is 0.342 e. The predicted molar refractivity (Wildman–Crippen MR) is 276 cm³/mol. The highest BCUT2D eigenvalue weighted by atomic mass is 31.1. The van der Waals surface area contributed by atoms with E-state index in [-0.39, 0.29) is 6.61 Å². The average molecular weight is 893 g/mol. The zero-order valence-electron chi connectivity index (χ0n) is 36.5. The zero-order valence-corrected chi connectivity index (χ0v) is 38.2. The third-order valence-electron chi connectivity index (χ3n) is 11.6. The van der Waals surface area contributed by atoms with Gasteiger partial charge in [0.15, 0.2) is 16.3 Å². The maximum absolute atomic E-state index is 15.0. The van der Waals surface area contributed by atoms with E-state index in [1.54, 1.807) is 0 Å². The Balaban J connectivity index is 1.15. The number of esters is 1. The Morgan fingerprint density at radius 2 is 0.864 bits per heavy atom. The molecule has 0 radical (unpaired) electrons. The second-order valence-electron chi connectivity index (χ2n) is 16.2. The monoisotopic (exact) mass is 892 g/mol.